The number of methoxy groups -OCH3 is 2. The van der Waals surface area contributed by atoms with Gasteiger partial charge < -0.3 is 59.3 Å². The van der Waals surface area contributed by atoms with Crippen LogP contribution in [0.25, 0.3) is 0 Å². The molecule has 0 radical (unpaired) electrons. The highest BCUT2D eigenvalue weighted by molar-refractivity contribution is 5.95. The van der Waals surface area contributed by atoms with Gasteiger partial charge in [-0.2, -0.15) is 0 Å². The van der Waals surface area contributed by atoms with Gasteiger partial charge in [-0.15, -0.1) is 0 Å². The average Bonchev–Trinajstić information content (AvgIpc) is 3.05. The van der Waals surface area contributed by atoms with Gasteiger partial charge in [0.15, 0.2) is 23.0 Å². The molecule has 248 valence electrons. The number of carboxylic acid groups (broad SMARTS) is 1. The van der Waals surface area contributed by atoms with Gasteiger partial charge in [0.25, 0.3) is 0 Å². The lowest BCUT2D eigenvalue weighted by atomic mass is 9.99. The monoisotopic (exact) mass is 643 g/mol. The Bertz CT molecular complexity index is 1500. The Hall–Kier alpha value is -4.76. The number of rotatable bonds is 14. The van der Waals surface area contributed by atoms with Crippen LogP contribution >= 0.6 is 0 Å². The molecular weight excluding hydrogens is 606 g/mol. The molecule has 1 aliphatic heterocycles. The number of aliphatic hydroxyl groups is 3. The highest BCUT2D eigenvalue weighted by Crippen LogP contribution is 2.38. The number of carbonyl (C=O) groups is 2. The van der Waals surface area contributed by atoms with Gasteiger partial charge in [0, 0.05) is 25.1 Å². The van der Waals surface area contributed by atoms with Crippen molar-refractivity contribution < 1.29 is 63.5 Å². The van der Waals surface area contributed by atoms with Crippen LogP contribution < -0.4 is 24.3 Å². The van der Waals surface area contributed by atoms with E-state index in [-0.39, 0.29) is 52.2 Å². The first-order chi connectivity index (χ1) is 22.1. The molecule has 1 saturated heterocycles. The maximum atomic E-state index is 13.0. The van der Waals surface area contributed by atoms with Crippen molar-refractivity contribution in [2.75, 3.05) is 39.3 Å². The fourth-order valence-corrected chi connectivity index (χ4v) is 4.73. The second-order valence-electron chi connectivity index (χ2n) is 10.2. The largest absolute Gasteiger partial charge is 0.502 e. The van der Waals surface area contributed by atoms with Gasteiger partial charge in [-0.05, 0) is 24.6 Å². The molecule has 3 aromatic rings. The Labute approximate surface area is 264 Å². The molecule has 6 N–H and O–H groups in total. The van der Waals surface area contributed by atoms with E-state index < -0.39 is 49.3 Å². The summed E-state index contributed by atoms with van der Waals surface area (Å²) in [5.41, 5.74) is 1.09. The molecule has 0 amide bonds. The van der Waals surface area contributed by atoms with E-state index >= 15 is 0 Å². The number of aliphatic hydroxyl groups excluding tert-OH is 3. The zero-order chi connectivity index (χ0) is 33.4. The summed E-state index contributed by atoms with van der Waals surface area (Å²) in [6, 6.07) is 14.6. The number of carboxylic acids is 1. The number of carbonyl (C=O) groups excluding carboxylic acids is 1. The van der Waals surface area contributed by atoms with E-state index in [1.165, 1.54) is 38.5 Å². The fraction of sp³-hybridized carbons (Fsp3) is 0.375. The van der Waals surface area contributed by atoms with Crippen molar-refractivity contribution >= 4 is 17.6 Å². The maximum absolute atomic E-state index is 13.0. The number of aromatic hydroxyl groups is 1. The minimum Gasteiger partial charge on any atom is -0.502 e. The molecule has 1 aliphatic rings. The first-order valence-corrected chi connectivity index (χ1v) is 14.4. The predicted octanol–water partition coefficient (Wildman–Crippen LogP) is 2.20. The molecule has 0 saturated carbocycles. The van der Waals surface area contributed by atoms with Gasteiger partial charge in [-0.3, -0.25) is 0 Å². The van der Waals surface area contributed by atoms with Crippen LogP contribution in [0.3, 0.4) is 0 Å². The van der Waals surface area contributed by atoms with Gasteiger partial charge in [0.05, 0.1) is 37.6 Å². The van der Waals surface area contributed by atoms with Crippen molar-refractivity contribution in [2.45, 2.75) is 44.1 Å². The van der Waals surface area contributed by atoms with E-state index in [0.717, 1.165) is 5.56 Å². The normalized spacial score (nSPS) is 20.8. The zero-order valence-electron chi connectivity index (χ0n) is 25.4. The summed E-state index contributed by atoms with van der Waals surface area (Å²) >= 11 is 0. The zero-order valence-corrected chi connectivity index (χ0v) is 25.4. The van der Waals surface area contributed by atoms with Crippen LogP contribution in [-0.2, 0) is 15.9 Å². The standard InChI is InChI=1S/C32H37NO13/c1-4-33-20-15-22(21(41-2)14-19(20)30(38)39)45-32-29(37)28(36)27(35)25(46-32)16-44-31(40)18-12-23(42-3)26(34)24(13-18)43-11-10-17-8-6-5-7-9-17/h5-9,12-15,25,27-29,32-37H,4,10-11,16H2,1-3H3,(H,38,39). The van der Waals surface area contributed by atoms with E-state index in [4.69, 9.17) is 28.4 Å². The quantitative estimate of drug-likeness (QED) is 0.140. The molecule has 5 unspecified atom stereocenters. The number of hydrogen-bond donors (Lipinski definition) is 6. The van der Waals surface area contributed by atoms with Crippen molar-refractivity contribution in [1.82, 2.24) is 0 Å². The van der Waals surface area contributed by atoms with Crippen LogP contribution in [0.1, 0.15) is 33.2 Å². The van der Waals surface area contributed by atoms with Crippen molar-refractivity contribution in [1.29, 1.82) is 0 Å². The first kappa shape index (κ1) is 34.1. The molecule has 0 aromatic heterocycles. The molecule has 4 rings (SSSR count). The lowest BCUT2D eigenvalue weighted by Gasteiger charge is -2.40. The number of nitrogens with one attached hydrogen (secondary N) is 1. The van der Waals surface area contributed by atoms with Crippen LogP contribution in [0.5, 0.6) is 28.7 Å². The van der Waals surface area contributed by atoms with Crippen LogP contribution in [0.4, 0.5) is 5.69 Å². The molecule has 1 heterocycles. The average molecular weight is 644 g/mol. The second-order valence-corrected chi connectivity index (χ2v) is 10.2. The Balaban J connectivity index is 1.47. The van der Waals surface area contributed by atoms with Crippen LogP contribution in [0.15, 0.2) is 54.6 Å². The number of hydrogen-bond acceptors (Lipinski definition) is 13. The number of phenolic OH excluding ortho intramolecular Hbond substituents is 1. The van der Waals surface area contributed by atoms with Crippen molar-refractivity contribution in [3.63, 3.8) is 0 Å². The topological polar surface area (TPSA) is 203 Å². The summed E-state index contributed by atoms with van der Waals surface area (Å²) in [7, 11) is 2.60. The fourth-order valence-electron chi connectivity index (χ4n) is 4.73. The SMILES string of the molecule is CCNc1cc(OC2OC(COC(=O)c3cc(OC)c(O)c(OCCc4ccccc4)c3)C(O)C(O)C2O)c(OC)cc1C(=O)O. The minimum atomic E-state index is -1.77. The van der Waals surface area contributed by atoms with Crippen LogP contribution in [0.2, 0.25) is 0 Å². The third-order valence-electron chi connectivity index (χ3n) is 7.18. The van der Waals surface area contributed by atoms with E-state index in [9.17, 15) is 35.1 Å². The molecule has 46 heavy (non-hydrogen) atoms. The van der Waals surface area contributed by atoms with Gasteiger partial charge in [-0.1, -0.05) is 30.3 Å². The Kier molecular flexibility index (Phi) is 11.5. The molecular formula is C32H37NO13. The summed E-state index contributed by atoms with van der Waals surface area (Å²) in [6.45, 7) is 1.78. The smallest absolute Gasteiger partial charge is 0.338 e. The van der Waals surface area contributed by atoms with Crippen LogP contribution in [-0.4, -0.2) is 102 Å². The van der Waals surface area contributed by atoms with Crippen molar-refractivity contribution in [3.8, 4) is 28.7 Å². The van der Waals surface area contributed by atoms with Gasteiger partial charge >= 0.3 is 11.9 Å². The van der Waals surface area contributed by atoms with Gasteiger partial charge in [0.2, 0.25) is 12.0 Å². The van der Waals surface area contributed by atoms with E-state index in [1.807, 2.05) is 30.3 Å². The Morgan fingerprint density at radius 3 is 2.24 bits per heavy atom. The first-order valence-electron chi connectivity index (χ1n) is 14.4. The third kappa shape index (κ3) is 7.90. The maximum Gasteiger partial charge on any atom is 0.338 e. The number of aromatic carboxylic acids is 1. The Morgan fingerprint density at radius 1 is 0.891 bits per heavy atom. The second kappa shape index (κ2) is 15.5. The molecule has 0 aliphatic carbocycles. The lowest BCUT2D eigenvalue weighted by molar-refractivity contribution is -0.277. The minimum absolute atomic E-state index is 0.00140. The van der Waals surface area contributed by atoms with Crippen molar-refractivity contribution in [2.24, 2.45) is 0 Å². The van der Waals surface area contributed by atoms with E-state index in [1.54, 1.807) is 6.92 Å². The lowest BCUT2D eigenvalue weighted by Crippen LogP contribution is -2.60. The summed E-state index contributed by atoms with van der Waals surface area (Å²) in [6.07, 6.45) is -7.59. The van der Waals surface area contributed by atoms with Gasteiger partial charge in [-0.25, -0.2) is 9.59 Å². The molecule has 0 spiro atoms. The summed E-state index contributed by atoms with van der Waals surface area (Å²) < 4.78 is 33.0. The van der Waals surface area contributed by atoms with Gasteiger partial charge in [0.1, 0.15) is 31.0 Å². The molecule has 1 fully saturated rings. The molecule has 14 nitrogen and oxygen atoms in total. The Morgan fingerprint density at radius 2 is 1.59 bits per heavy atom. The summed E-state index contributed by atoms with van der Waals surface area (Å²) in [5.74, 6) is -2.48. The predicted molar refractivity (Wildman–Crippen MR) is 162 cm³/mol. The third-order valence-corrected chi connectivity index (χ3v) is 7.18. The highest BCUT2D eigenvalue weighted by atomic mass is 16.7. The number of ether oxygens (including phenoxy) is 6. The molecule has 5 atom stereocenters. The molecule has 3 aromatic carbocycles. The number of anilines is 1. The number of benzene rings is 3. The van der Waals surface area contributed by atoms with Crippen LogP contribution in [0, 0.1) is 0 Å². The molecule has 0 bridgehead atoms. The summed E-state index contributed by atoms with van der Waals surface area (Å²) in [4.78, 5) is 24.8. The highest BCUT2D eigenvalue weighted by Gasteiger charge is 2.46. The van der Waals surface area contributed by atoms with E-state index in [0.29, 0.717) is 13.0 Å². The van der Waals surface area contributed by atoms with E-state index in [2.05, 4.69) is 5.32 Å². The molecule has 14 heteroatoms. The number of phenols is 1. The summed E-state index contributed by atoms with van der Waals surface area (Å²) in [5, 5.41) is 54.7. The van der Waals surface area contributed by atoms with Crippen molar-refractivity contribution in [3.05, 3.63) is 71.3 Å². The number of esters is 1.